The number of hydrogen-bond donors (Lipinski definition) is 1. The lowest BCUT2D eigenvalue weighted by molar-refractivity contribution is 0.0270. The lowest BCUT2D eigenvalue weighted by Gasteiger charge is -2.23. The zero-order valence-corrected chi connectivity index (χ0v) is 12.0. The summed E-state index contributed by atoms with van der Waals surface area (Å²) in [7, 11) is 0. The predicted octanol–water partition coefficient (Wildman–Crippen LogP) is 3.75. The van der Waals surface area contributed by atoms with Gasteiger partial charge in [0.2, 0.25) is 0 Å². The van der Waals surface area contributed by atoms with E-state index in [1.54, 1.807) is 0 Å². The van der Waals surface area contributed by atoms with E-state index in [1.807, 2.05) is 0 Å². The van der Waals surface area contributed by atoms with Gasteiger partial charge in [-0.15, -0.1) is 0 Å². The van der Waals surface area contributed by atoms with Crippen molar-refractivity contribution in [3.8, 4) is 0 Å². The fourth-order valence-corrected chi connectivity index (χ4v) is 2.44. The SMILES string of the molecule is CCC(C)C(C)NCCCOC1CCCCC1. The molecule has 2 atom stereocenters. The molecule has 102 valence electrons. The first-order valence-electron chi connectivity index (χ1n) is 7.59. The van der Waals surface area contributed by atoms with Crippen molar-refractivity contribution in [3.63, 3.8) is 0 Å². The summed E-state index contributed by atoms with van der Waals surface area (Å²) in [6.45, 7) is 8.89. The Balaban J connectivity index is 1.93. The summed E-state index contributed by atoms with van der Waals surface area (Å²) in [4.78, 5) is 0. The molecule has 2 unspecified atom stereocenters. The third-order valence-electron chi connectivity index (χ3n) is 4.19. The second-order valence-electron chi connectivity index (χ2n) is 5.61. The number of nitrogens with one attached hydrogen (secondary N) is 1. The van der Waals surface area contributed by atoms with Gasteiger partial charge < -0.3 is 10.1 Å². The van der Waals surface area contributed by atoms with Crippen molar-refractivity contribution in [2.75, 3.05) is 13.2 Å². The van der Waals surface area contributed by atoms with Crippen molar-refractivity contribution in [2.24, 2.45) is 5.92 Å². The first-order valence-corrected chi connectivity index (χ1v) is 7.59. The Morgan fingerprint density at radius 1 is 1.18 bits per heavy atom. The third-order valence-corrected chi connectivity index (χ3v) is 4.19. The largest absolute Gasteiger partial charge is 0.378 e. The second-order valence-corrected chi connectivity index (χ2v) is 5.61. The molecule has 0 aromatic rings. The van der Waals surface area contributed by atoms with Crippen molar-refractivity contribution in [3.05, 3.63) is 0 Å². The summed E-state index contributed by atoms with van der Waals surface area (Å²) in [6, 6.07) is 0.634. The topological polar surface area (TPSA) is 21.3 Å². The molecule has 1 aliphatic carbocycles. The summed E-state index contributed by atoms with van der Waals surface area (Å²) in [5.41, 5.74) is 0. The molecule has 1 N–H and O–H groups in total. The van der Waals surface area contributed by atoms with Crippen molar-refractivity contribution in [1.82, 2.24) is 5.32 Å². The average Bonchev–Trinajstić information content (AvgIpc) is 2.38. The fraction of sp³-hybridized carbons (Fsp3) is 1.00. The summed E-state index contributed by atoms with van der Waals surface area (Å²) in [6.07, 6.45) is 9.70. The molecule has 1 saturated carbocycles. The zero-order valence-electron chi connectivity index (χ0n) is 12.0. The van der Waals surface area contributed by atoms with Crippen LogP contribution < -0.4 is 5.32 Å². The molecule has 2 heteroatoms. The summed E-state index contributed by atoms with van der Waals surface area (Å²) in [5.74, 6) is 0.772. The lowest BCUT2D eigenvalue weighted by Crippen LogP contribution is -2.33. The number of ether oxygens (including phenoxy) is 1. The number of hydrogen-bond acceptors (Lipinski definition) is 2. The Morgan fingerprint density at radius 2 is 1.88 bits per heavy atom. The second kappa shape index (κ2) is 8.93. The van der Waals surface area contributed by atoms with Crippen molar-refractivity contribution < 1.29 is 4.74 Å². The Hall–Kier alpha value is -0.0800. The van der Waals surface area contributed by atoms with Crippen LogP contribution in [0.4, 0.5) is 0 Å². The van der Waals surface area contributed by atoms with E-state index in [2.05, 4.69) is 26.1 Å². The van der Waals surface area contributed by atoms with Crippen LogP contribution in [0.5, 0.6) is 0 Å². The molecule has 0 aromatic carbocycles. The Kier molecular flexibility index (Phi) is 7.87. The maximum Gasteiger partial charge on any atom is 0.0575 e. The van der Waals surface area contributed by atoms with Gasteiger partial charge in [-0.2, -0.15) is 0 Å². The fourth-order valence-electron chi connectivity index (χ4n) is 2.44. The van der Waals surface area contributed by atoms with E-state index in [9.17, 15) is 0 Å². The van der Waals surface area contributed by atoms with Crippen LogP contribution in [0.3, 0.4) is 0 Å². The molecule has 2 nitrogen and oxygen atoms in total. The van der Waals surface area contributed by atoms with E-state index in [-0.39, 0.29) is 0 Å². The van der Waals surface area contributed by atoms with Gasteiger partial charge in [-0.25, -0.2) is 0 Å². The maximum absolute atomic E-state index is 5.91. The molecule has 1 aliphatic rings. The van der Waals surface area contributed by atoms with E-state index in [0.29, 0.717) is 12.1 Å². The van der Waals surface area contributed by atoms with Crippen LogP contribution in [0.2, 0.25) is 0 Å². The Bertz CT molecular complexity index is 174. The van der Waals surface area contributed by atoms with Gasteiger partial charge in [-0.1, -0.05) is 39.5 Å². The smallest absolute Gasteiger partial charge is 0.0575 e. The molecule has 0 saturated heterocycles. The highest BCUT2D eigenvalue weighted by atomic mass is 16.5. The van der Waals surface area contributed by atoms with Crippen LogP contribution >= 0.6 is 0 Å². The minimum absolute atomic E-state index is 0.565. The minimum Gasteiger partial charge on any atom is -0.378 e. The van der Waals surface area contributed by atoms with Crippen LogP contribution in [0.15, 0.2) is 0 Å². The minimum atomic E-state index is 0.565. The van der Waals surface area contributed by atoms with Gasteiger partial charge in [0.15, 0.2) is 0 Å². The van der Waals surface area contributed by atoms with E-state index >= 15 is 0 Å². The van der Waals surface area contributed by atoms with Gasteiger partial charge in [0.1, 0.15) is 0 Å². The van der Waals surface area contributed by atoms with Crippen LogP contribution in [0.25, 0.3) is 0 Å². The third kappa shape index (κ3) is 6.42. The highest BCUT2D eigenvalue weighted by Gasteiger charge is 2.13. The molecular weight excluding hydrogens is 210 g/mol. The molecule has 0 aliphatic heterocycles. The van der Waals surface area contributed by atoms with Gasteiger partial charge in [-0.3, -0.25) is 0 Å². The number of rotatable bonds is 8. The molecule has 17 heavy (non-hydrogen) atoms. The highest BCUT2D eigenvalue weighted by molar-refractivity contribution is 4.67. The quantitative estimate of drug-likeness (QED) is 0.653. The van der Waals surface area contributed by atoms with Crippen LogP contribution in [0, 0.1) is 5.92 Å². The molecule has 0 amide bonds. The van der Waals surface area contributed by atoms with Gasteiger partial charge in [-0.05, 0) is 38.6 Å². The summed E-state index contributed by atoms with van der Waals surface area (Å²) in [5, 5.41) is 3.59. The highest BCUT2D eigenvalue weighted by Crippen LogP contribution is 2.20. The van der Waals surface area contributed by atoms with Gasteiger partial charge in [0.05, 0.1) is 6.10 Å². The van der Waals surface area contributed by atoms with E-state index in [1.165, 1.54) is 38.5 Å². The van der Waals surface area contributed by atoms with Gasteiger partial charge in [0, 0.05) is 12.6 Å². The molecule has 1 rings (SSSR count). The molecule has 0 heterocycles. The first kappa shape index (κ1) is 15.0. The van der Waals surface area contributed by atoms with Gasteiger partial charge >= 0.3 is 0 Å². The van der Waals surface area contributed by atoms with Crippen LogP contribution in [-0.4, -0.2) is 25.3 Å². The monoisotopic (exact) mass is 241 g/mol. The standard InChI is InChI=1S/C15H31NO/c1-4-13(2)14(3)16-11-8-12-17-15-9-6-5-7-10-15/h13-16H,4-12H2,1-3H3. The molecule has 0 bridgehead atoms. The zero-order chi connectivity index (χ0) is 12.5. The van der Waals surface area contributed by atoms with E-state index < -0.39 is 0 Å². The van der Waals surface area contributed by atoms with Crippen molar-refractivity contribution in [2.45, 2.75) is 77.9 Å². The normalized spacial score (nSPS) is 21.4. The summed E-state index contributed by atoms with van der Waals surface area (Å²) >= 11 is 0. The van der Waals surface area contributed by atoms with E-state index in [4.69, 9.17) is 4.74 Å². The van der Waals surface area contributed by atoms with E-state index in [0.717, 1.165) is 25.5 Å². The molecule has 0 aromatic heterocycles. The Labute approximate surface area is 108 Å². The molecule has 0 spiro atoms. The predicted molar refractivity (Wildman–Crippen MR) is 74.4 cm³/mol. The summed E-state index contributed by atoms with van der Waals surface area (Å²) < 4.78 is 5.91. The lowest BCUT2D eigenvalue weighted by atomic mass is 9.98. The van der Waals surface area contributed by atoms with Gasteiger partial charge in [0.25, 0.3) is 0 Å². The van der Waals surface area contributed by atoms with Crippen LogP contribution in [-0.2, 0) is 4.74 Å². The Morgan fingerprint density at radius 3 is 2.53 bits per heavy atom. The maximum atomic E-state index is 5.91. The molecule has 0 radical (unpaired) electrons. The average molecular weight is 241 g/mol. The van der Waals surface area contributed by atoms with Crippen LogP contribution in [0.1, 0.15) is 65.7 Å². The van der Waals surface area contributed by atoms with Crippen molar-refractivity contribution in [1.29, 1.82) is 0 Å². The molecular formula is C15H31NO. The first-order chi connectivity index (χ1) is 8.24. The van der Waals surface area contributed by atoms with Crippen molar-refractivity contribution >= 4 is 0 Å². The molecule has 1 fully saturated rings.